The molecule has 27 heavy (non-hydrogen) atoms. The molecule has 0 saturated heterocycles. The Hall–Kier alpha value is -3.01. The third-order valence-electron chi connectivity index (χ3n) is 4.13. The number of thiazole rings is 1. The van der Waals surface area contributed by atoms with E-state index in [1.165, 1.54) is 11.3 Å². The van der Waals surface area contributed by atoms with E-state index in [1.54, 1.807) is 26.4 Å². The molecule has 0 spiro atoms. The molecule has 136 valence electrons. The van der Waals surface area contributed by atoms with E-state index in [0.29, 0.717) is 17.2 Å². The van der Waals surface area contributed by atoms with Gasteiger partial charge in [-0.1, -0.05) is 24.3 Å². The van der Waals surface area contributed by atoms with Crippen molar-refractivity contribution in [3.63, 3.8) is 0 Å². The molecule has 1 heterocycles. The Labute approximate surface area is 161 Å². The van der Waals surface area contributed by atoms with Crippen molar-refractivity contribution in [3.8, 4) is 23.1 Å². The molecular formula is C21H18N2O3S. The van der Waals surface area contributed by atoms with Crippen LogP contribution in [0.2, 0.25) is 0 Å². The number of hydrogen-bond donors (Lipinski definition) is 0. The number of Topliss-reactive ketones (excluding diaryl/α,β-unsaturated/α-hetero) is 1. The maximum atomic E-state index is 13.0. The smallest absolute Gasteiger partial charge is 0.187 e. The van der Waals surface area contributed by atoms with Crippen molar-refractivity contribution in [2.45, 2.75) is 12.5 Å². The first-order chi connectivity index (χ1) is 13.2. The van der Waals surface area contributed by atoms with Crippen LogP contribution in [0.5, 0.6) is 5.75 Å². The van der Waals surface area contributed by atoms with E-state index < -0.39 is 5.92 Å². The highest BCUT2D eigenvalue weighted by Gasteiger charge is 2.26. The zero-order valence-electron chi connectivity index (χ0n) is 15.0. The standard InChI is InChI=1S/C21H18N2O3S/c1-25-12-15-5-3-4-6-17(15)20(24)18(11-22)21-23-19(13-27-21)14-7-9-16(26-2)10-8-14/h3-10,13,18H,12H2,1-2H3. The van der Waals surface area contributed by atoms with Gasteiger partial charge in [0.2, 0.25) is 0 Å². The van der Waals surface area contributed by atoms with E-state index in [9.17, 15) is 10.1 Å². The summed E-state index contributed by atoms with van der Waals surface area (Å²) in [4.78, 5) is 17.5. The number of methoxy groups -OCH3 is 2. The van der Waals surface area contributed by atoms with Gasteiger partial charge in [0.05, 0.1) is 25.5 Å². The largest absolute Gasteiger partial charge is 0.497 e. The van der Waals surface area contributed by atoms with Crippen LogP contribution >= 0.6 is 11.3 Å². The number of rotatable bonds is 7. The lowest BCUT2D eigenvalue weighted by atomic mass is 9.95. The van der Waals surface area contributed by atoms with Crippen molar-refractivity contribution >= 4 is 17.1 Å². The number of benzene rings is 2. The van der Waals surface area contributed by atoms with Crippen molar-refractivity contribution in [3.05, 3.63) is 70.0 Å². The van der Waals surface area contributed by atoms with Crippen molar-refractivity contribution in [2.24, 2.45) is 0 Å². The highest BCUT2D eigenvalue weighted by Crippen LogP contribution is 2.30. The molecule has 3 aromatic rings. The van der Waals surface area contributed by atoms with Gasteiger partial charge in [0, 0.05) is 23.6 Å². The number of carbonyl (C=O) groups excluding carboxylic acids is 1. The molecule has 0 aliphatic rings. The number of ketones is 1. The molecule has 0 bridgehead atoms. The Morgan fingerprint density at radius 3 is 2.59 bits per heavy atom. The second-order valence-corrected chi connectivity index (χ2v) is 6.71. The van der Waals surface area contributed by atoms with Gasteiger partial charge in [-0.25, -0.2) is 4.98 Å². The van der Waals surface area contributed by atoms with Gasteiger partial charge in [-0.3, -0.25) is 4.79 Å². The van der Waals surface area contributed by atoms with Crippen LogP contribution in [0.4, 0.5) is 0 Å². The third-order valence-corrected chi connectivity index (χ3v) is 5.04. The molecular weight excluding hydrogens is 360 g/mol. The summed E-state index contributed by atoms with van der Waals surface area (Å²) >= 11 is 1.31. The van der Waals surface area contributed by atoms with Crippen molar-refractivity contribution < 1.29 is 14.3 Å². The average molecular weight is 378 g/mol. The minimum absolute atomic E-state index is 0.263. The highest BCUT2D eigenvalue weighted by atomic mass is 32.1. The van der Waals surface area contributed by atoms with Crippen LogP contribution in [0.25, 0.3) is 11.3 Å². The molecule has 0 N–H and O–H groups in total. The van der Waals surface area contributed by atoms with Gasteiger partial charge in [-0.2, -0.15) is 5.26 Å². The Morgan fingerprint density at radius 2 is 1.93 bits per heavy atom. The van der Waals surface area contributed by atoms with Crippen LogP contribution in [0.15, 0.2) is 53.9 Å². The third kappa shape index (κ3) is 4.05. The summed E-state index contributed by atoms with van der Waals surface area (Å²) < 4.78 is 10.3. The number of nitrogens with zero attached hydrogens (tertiary/aromatic N) is 2. The van der Waals surface area contributed by atoms with Gasteiger partial charge < -0.3 is 9.47 Å². The Morgan fingerprint density at radius 1 is 1.19 bits per heavy atom. The summed E-state index contributed by atoms with van der Waals surface area (Å²) in [5.41, 5.74) is 2.89. The summed E-state index contributed by atoms with van der Waals surface area (Å²) in [6, 6.07) is 16.8. The topological polar surface area (TPSA) is 72.2 Å². The number of carbonyl (C=O) groups is 1. The quantitative estimate of drug-likeness (QED) is 0.568. The first-order valence-electron chi connectivity index (χ1n) is 8.28. The lowest BCUT2D eigenvalue weighted by molar-refractivity contribution is 0.0974. The maximum Gasteiger partial charge on any atom is 0.187 e. The van der Waals surface area contributed by atoms with E-state index in [1.807, 2.05) is 41.8 Å². The van der Waals surface area contributed by atoms with E-state index in [0.717, 1.165) is 22.6 Å². The molecule has 1 unspecified atom stereocenters. The molecule has 0 saturated carbocycles. The SMILES string of the molecule is COCc1ccccc1C(=O)C(C#N)c1nc(-c2ccc(OC)cc2)cs1. The Balaban J connectivity index is 1.89. The molecule has 0 aliphatic carbocycles. The first kappa shape index (κ1) is 18.8. The molecule has 0 amide bonds. The van der Waals surface area contributed by atoms with E-state index in [4.69, 9.17) is 9.47 Å². The maximum absolute atomic E-state index is 13.0. The normalized spacial score (nSPS) is 11.6. The molecule has 6 heteroatoms. The van der Waals surface area contributed by atoms with Crippen LogP contribution in [0.1, 0.15) is 26.8 Å². The molecule has 0 aliphatic heterocycles. The van der Waals surface area contributed by atoms with Gasteiger partial charge in [-0.15, -0.1) is 11.3 Å². The van der Waals surface area contributed by atoms with Crippen molar-refractivity contribution in [1.82, 2.24) is 4.98 Å². The van der Waals surface area contributed by atoms with Gasteiger partial charge >= 0.3 is 0 Å². The lowest BCUT2D eigenvalue weighted by Gasteiger charge is -2.10. The lowest BCUT2D eigenvalue weighted by Crippen LogP contribution is -2.13. The second-order valence-electron chi connectivity index (χ2n) is 5.82. The Bertz CT molecular complexity index is 974. The number of hydrogen-bond acceptors (Lipinski definition) is 6. The van der Waals surface area contributed by atoms with Crippen LogP contribution < -0.4 is 4.74 Å². The summed E-state index contributed by atoms with van der Waals surface area (Å²) in [5, 5.41) is 12.0. The van der Waals surface area contributed by atoms with Crippen LogP contribution in [0, 0.1) is 11.3 Å². The van der Waals surface area contributed by atoms with Gasteiger partial charge in [0.25, 0.3) is 0 Å². The molecule has 1 aromatic heterocycles. The van der Waals surface area contributed by atoms with Crippen molar-refractivity contribution in [1.29, 1.82) is 5.26 Å². The monoisotopic (exact) mass is 378 g/mol. The van der Waals surface area contributed by atoms with Crippen LogP contribution in [-0.4, -0.2) is 25.0 Å². The highest BCUT2D eigenvalue weighted by molar-refractivity contribution is 7.10. The molecule has 0 radical (unpaired) electrons. The Kier molecular flexibility index (Phi) is 5.97. The van der Waals surface area contributed by atoms with E-state index in [2.05, 4.69) is 11.1 Å². The van der Waals surface area contributed by atoms with Crippen molar-refractivity contribution in [2.75, 3.05) is 14.2 Å². The molecule has 1 atom stereocenters. The second kappa shape index (κ2) is 8.58. The fourth-order valence-electron chi connectivity index (χ4n) is 2.74. The fraction of sp³-hybridized carbons (Fsp3) is 0.190. The van der Waals surface area contributed by atoms with E-state index in [-0.39, 0.29) is 5.78 Å². The number of nitriles is 1. The summed E-state index contributed by atoms with van der Waals surface area (Å²) in [7, 11) is 3.19. The molecule has 3 rings (SSSR count). The molecule has 5 nitrogen and oxygen atoms in total. The van der Waals surface area contributed by atoms with Gasteiger partial charge in [0.1, 0.15) is 10.8 Å². The van der Waals surface area contributed by atoms with Gasteiger partial charge in [0.15, 0.2) is 11.7 Å². The van der Waals surface area contributed by atoms with Crippen LogP contribution in [0.3, 0.4) is 0 Å². The number of ether oxygens (including phenoxy) is 2. The summed E-state index contributed by atoms with van der Waals surface area (Å²) in [5.74, 6) is -0.449. The summed E-state index contributed by atoms with van der Waals surface area (Å²) in [6.45, 7) is 0.315. The predicted octanol–water partition coefficient (Wildman–Crippen LogP) is 4.46. The average Bonchev–Trinajstić information content (AvgIpc) is 3.19. The number of aromatic nitrogens is 1. The van der Waals surface area contributed by atoms with E-state index >= 15 is 0 Å². The van der Waals surface area contributed by atoms with Gasteiger partial charge in [-0.05, 0) is 29.8 Å². The molecule has 0 fully saturated rings. The first-order valence-corrected chi connectivity index (χ1v) is 9.16. The molecule has 2 aromatic carbocycles. The predicted molar refractivity (Wildman–Crippen MR) is 104 cm³/mol. The fourth-order valence-corrected chi connectivity index (χ4v) is 3.61. The zero-order valence-corrected chi connectivity index (χ0v) is 15.8. The summed E-state index contributed by atoms with van der Waals surface area (Å²) in [6.07, 6.45) is 0. The minimum Gasteiger partial charge on any atom is -0.497 e. The minimum atomic E-state index is -0.944. The van der Waals surface area contributed by atoms with Crippen LogP contribution in [-0.2, 0) is 11.3 Å². The zero-order chi connectivity index (χ0) is 19.2.